The van der Waals surface area contributed by atoms with Crippen LogP contribution in [0.1, 0.15) is 86.8 Å². The van der Waals surface area contributed by atoms with Crippen molar-refractivity contribution in [3.63, 3.8) is 0 Å². The molecule has 4 unspecified atom stereocenters. The predicted octanol–water partition coefficient (Wildman–Crippen LogP) is 3.79. The Morgan fingerprint density at radius 2 is 1.30 bits per heavy atom. The van der Waals surface area contributed by atoms with Crippen LogP contribution in [0.5, 0.6) is 11.5 Å². The van der Waals surface area contributed by atoms with E-state index in [1.165, 1.54) is 65.0 Å². The smallest absolute Gasteiger partial charge is 0.662 e. The number of allylic oxidation sites excluding steroid dienone is 2. The minimum atomic E-state index is -0.738. The Hall–Kier alpha value is -3.06. The SMILES string of the molecule is CC1=CCC2C3Cc4ccc(C)c5c4[C@@]2(CCN3C)[C@H]1O5.CCOC(=O)Cl.CCOC(=O)N1CC[C@]23c4c5ccc(C)c4O[C@H]2C(C)=CCC3C1C5.O=CO[O-].[Na+]. The average Bonchev–Trinajstić information content (AvgIpc) is 3.72. The van der Waals surface area contributed by atoms with E-state index in [-0.39, 0.29) is 65.1 Å². The molecular formula is C44H54ClN2NaO9. The molecule has 0 radical (unpaired) electrons. The molecule has 8 atom stereocenters. The summed E-state index contributed by atoms with van der Waals surface area (Å²) >= 11 is 4.72. The second kappa shape index (κ2) is 17.3. The predicted molar refractivity (Wildman–Crippen MR) is 209 cm³/mol. The molecule has 0 aromatic heterocycles. The van der Waals surface area contributed by atoms with Gasteiger partial charge in [-0.05, 0) is 139 Å². The first kappa shape index (κ1) is 43.5. The normalized spacial score (nSPS) is 30.7. The Morgan fingerprint density at radius 3 is 1.75 bits per heavy atom. The minimum Gasteiger partial charge on any atom is -0.662 e. The number of likely N-dealkylation sites (N-methyl/N-ethyl adjacent to an activating group) is 1. The second-order valence-corrected chi connectivity index (χ2v) is 16.7. The van der Waals surface area contributed by atoms with Gasteiger partial charge in [0.15, 0.2) is 0 Å². The van der Waals surface area contributed by atoms with Crippen molar-refractivity contribution in [1.29, 1.82) is 0 Å². The van der Waals surface area contributed by atoms with Crippen molar-refractivity contribution in [2.75, 3.05) is 33.4 Å². The number of amides is 1. The number of hydrogen-bond donors (Lipinski definition) is 0. The Labute approximate surface area is 363 Å². The molecule has 302 valence electrons. The first-order chi connectivity index (χ1) is 26.9. The number of benzene rings is 2. The van der Waals surface area contributed by atoms with Crippen LogP contribution in [-0.4, -0.2) is 85.4 Å². The van der Waals surface area contributed by atoms with Crippen LogP contribution in [0.4, 0.5) is 9.59 Å². The molecule has 0 N–H and O–H groups in total. The molecule has 2 spiro atoms. The van der Waals surface area contributed by atoms with E-state index >= 15 is 0 Å². The molecule has 4 bridgehead atoms. The molecule has 2 aromatic rings. The molecule has 4 aliphatic carbocycles. The maximum atomic E-state index is 12.6. The molecule has 1 amide bonds. The van der Waals surface area contributed by atoms with Crippen molar-refractivity contribution >= 4 is 29.6 Å². The molecule has 4 heterocycles. The largest absolute Gasteiger partial charge is 1.00 e. The van der Waals surface area contributed by atoms with E-state index in [4.69, 9.17) is 35.9 Å². The van der Waals surface area contributed by atoms with Gasteiger partial charge in [0.2, 0.25) is 0 Å². The van der Waals surface area contributed by atoms with Crippen LogP contribution >= 0.6 is 11.6 Å². The number of carbonyl (C=O) groups excluding carboxylic acids is 3. The van der Waals surface area contributed by atoms with Crippen LogP contribution in [-0.2, 0) is 42.8 Å². The van der Waals surface area contributed by atoms with Crippen molar-refractivity contribution < 1.29 is 73.0 Å². The fourth-order valence-corrected chi connectivity index (χ4v) is 11.9. The van der Waals surface area contributed by atoms with E-state index in [1.54, 1.807) is 18.1 Å². The summed E-state index contributed by atoms with van der Waals surface area (Å²) < 4.78 is 22.7. The van der Waals surface area contributed by atoms with E-state index in [0.717, 1.165) is 37.5 Å². The summed E-state index contributed by atoms with van der Waals surface area (Å²) in [6.07, 6.45) is 11.7. The molecule has 0 saturated carbocycles. The Balaban J connectivity index is 0.000000155. The topological polar surface area (TPSA) is 127 Å². The van der Waals surface area contributed by atoms with Crippen molar-refractivity contribution in [3.05, 3.63) is 80.9 Å². The summed E-state index contributed by atoms with van der Waals surface area (Å²) in [6, 6.07) is 9.97. The fourth-order valence-electron chi connectivity index (χ4n) is 11.8. The molecule has 11 nitrogen and oxygen atoms in total. The molecular weight excluding hydrogens is 759 g/mol. The zero-order chi connectivity index (χ0) is 40.1. The van der Waals surface area contributed by atoms with Crippen LogP contribution in [0.3, 0.4) is 0 Å². The third-order valence-corrected chi connectivity index (χ3v) is 14.1. The summed E-state index contributed by atoms with van der Waals surface area (Å²) in [5, 5.41) is 8.43. The zero-order valence-corrected chi connectivity index (χ0v) is 37.3. The first-order valence-corrected chi connectivity index (χ1v) is 20.4. The molecule has 2 saturated heterocycles. The fraction of sp³-hybridized carbons (Fsp3) is 0.568. The summed E-state index contributed by atoms with van der Waals surface area (Å²) in [5.74, 6) is 3.50. The third kappa shape index (κ3) is 7.01. The van der Waals surface area contributed by atoms with Gasteiger partial charge in [-0.1, -0.05) is 36.4 Å². The van der Waals surface area contributed by atoms with Gasteiger partial charge in [-0.3, -0.25) is 4.79 Å². The number of piperidine rings is 2. The van der Waals surface area contributed by atoms with Gasteiger partial charge in [-0.15, -0.1) is 0 Å². The van der Waals surface area contributed by atoms with E-state index in [1.807, 2.05) is 11.8 Å². The maximum absolute atomic E-state index is 12.6. The van der Waals surface area contributed by atoms with Gasteiger partial charge in [0, 0.05) is 52.2 Å². The number of aryl methyl sites for hydroxylation is 2. The van der Waals surface area contributed by atoms with Gasteiger partial charge < -0.3 is 38.9 Å². The van der Waals surface area contributed by atoms with Crippen molar-refractivity contribution in [3.8, 4) is 11.5 Å². The standard InChI is InChI=1S/C21H25NO3.C19H23NO.C3H5ClO2.CH2O3.Na/c1-4-24-20(23)22-10-9-21-15-8-6-13(3)19(21)25-18-12(2)5-7-14(17(18)21)11-16(15)22;1-11-4-6-13-10-15-14-7-5-12(2)18-19(14,8-9-20(15)3)16(13)17(11)21-18;1-2-6-3(4)5;2-1-4-3;/h5-7,15-16,19H,4,8-11H2,1-3H3;4-6,14-15,18H,7-10H2,1-3H3;2H2,1H3;1,3H;/q;;;;+1/p-1/t15?,16?,19-,21-;14?,15?,18-,19-;;;/m00.../s1. The van der Waals surface area contributed by atoms with Crippen molar-refractivity contribution in [1.82, 2.24) is 9.80 Å². The van der Waals surface area contributed by atoms with E-state index in [2.05, 4.69) is 85.7 Å². The summed E-state index contributed by atoms with van der Waals surface area (Å²) in [6.45, 7) is 15.0. The number of hydrogen-bond acceptors (Lipinski definition) is 10. The van der Waals surface area contributed by atoms with Gasteiger partial charge in [0.1, 0.15) is 23.7 Å². The van der Waals surface area contributed by atoms with Crippen molar-refractivity contribution in [2.45, 2.75) is 115 Å². The van der Waals surface area contributed by atoms with Gasteiger partial charge in [0.05, 0.1) is 13.2 Å². The summed E-state index contributed by atoms with van der Waals surface area (Å²) in [5.41, 5.74) is 10.9. The molecule has 8 aliphatic rings. The van der Waals surface area contributed by atoms with Crippen molar-refractivity contribution in [2.24, 2.45) is 11.8 Å². The zero-order valence-electron chi connectivity index (χ0n) is 34.5. The number of nitrogens with zero attached hydrogens (tertiary/aromatic N) is 2. The average molecular weight is 813 g/mol. The van der Waals surface area contributed by atoms with Crippen LogP contribution in [0, 0.1) is 25.7 Å². The minimum absolute atomic E-state index is 0. The van der Waals surface area contributed by atoms with Crippen LogP contribution in [0.2, 0.25) is 0 Å². The Bertz CT molecular complexity index is 1950. The Morgan fingerprint density at radius 1 is 0.825 bits per heavy atom. The van der Waals surface area contributed by atoms with E-state index < -0.39 is 5.43 Å². The molecule has 57 heavy (non-hydrogen) atoms. The molecule has 2 fully saturated rings. The maximum Gasteiger partial charge on any atom is 1.00 e. The monoisotopic (exact) mass is 812 g/mol. The third-order valence-electron chi connectivity index (χ3n) is 14.0. The van der Waals surface area contributed by atoms with Gasteiger partial charge in [-0.2, -0.15) is 0 Å². The molecule has 10 rings (SSSR count). The number of halogens is 1. The quantitative estimate of drug-likeness (QED) is 0.113. The van der Waals surface area contributed by atoms with Gasteiger partial charge >= 0.3 is 41.1 Å². The van der Waals surface area contributed by atoms with Gasteiger partial charge in [-0.25, -0.2) is 9.59 Å². The summed E-state index contributed by atoms with van der Waals surface area (Å²) in [4.78, 5) is 38.0. The Kier molecular flexibility index (Phi) is 13.2. The number of rotatable bonds is 3. The van der Waals surface area contributed by atoms with E-state index in [9.17, 15) is 9.59 Å². The van der Waals surface area contributed by atoms with Crippen LogP contribution in [0.25, 0.3) is 0 Å². The second-order valence-electron chi connectivity index (χ2n) is 16.4. The van der Waals surface area contributed by atoms with Gasteiger partial charge in [0.25, 0.3) is 6.47 Å². The molecule has 13 heteroatoms. The number of carbonyl (C=O) groups is 3. The molecule has 2 aromatic carbocycles. The van der Waals surface area contributed by atoms with E-state index in [0.29, 0.717) is 31.3 Å². The summed E-state index contributed by atoms with van der Waals surface area (Å²) in [7, 11) is 2.31. The first-order valence-electron chi connectivity index (χ1n) is 20.0. The number of ether oxygens (including phenoxy) is 4. The van der Waals surface area contributed by atoms with Crippen LogP contribution in [0.15, 0.2) is 47.6 Å². The van der Waals surface area contributed by atoms with Crippen LogP contribution < -0.4 is 44.3 Å². The molecule has 4 aliphatic heterocycles. The number of likely N-dealkylation sites (tertiary alicyclic amines) is 2.